The Hall–Kier alpha value is -5.05. The topological polar surface area (TPSA) is 129 Å². The number of hydrogen-bond donors (Lipinski definition) is 2. The monoisotopic (exact) mass is 466 g/mol. The zero-order valence-electron chi connectivity index (χ0n) is 18.2. The molecule has 0 radical (unpaired) electrons. The van der Waals surface area contributed by atoms with Gasteiger partial charge in [-0.05, 0) is 23.8 Å². The fraction of sp³-hybridized carbons (Fsp3) is 0.0385. The number of aliphatic imine (C=N–C) groups is 1. The highest BCUT2D eigenvalue weighted by atomic mass is 16.6. The molecule has 2 N–H and O–H groups in total. The molecule has 0 unspecified atom stereocenters. The van der Waals surface area contributed by atoms with Crippen molar-refractivity contribution in [1.29, 1.82) is 0 Å². The van der Waals surface area contributed by atoms with Gasteiger partial charge in [-0.3, -0.25) is 24.6 Å². The largest absolute Gasteiger partial charge is 0.494 e. The highest BCUT2D eigenvalue weighted by molar-refractivity contribution is 6.22. The number of nitrogens with one attached hydrogen (secondary N) is 1. The number of carbonyl (C=O) groups excluding carboxylic acids is 2. The van der Waals surface area contributed by atoms with Crippen LogP contribution in [0, 0.1) is 10.1 Å². The van der Waals surface area contributed by atoms with Gasteiger partial charge in [0.05, 0.1) is 28.4 Å². The van der Waals surface area contributed by atoms with Crippen molar-refractivity contribution < 1.29 is 19.6 Å². The zero-order chi connectivity index (χ0) is 24.5. The number of nitrogens with zero attached hydrogens (tertiary/aromatic N) is 3. The predicted octanol–water partition coefficient (Wildman–Crippen LogP) is 4.38. The summed E-state index contributed by atoms with van der Waals surface area (Å²) in [4.78, 5) is 43.3. The Morgan fingerprint density at radius 1 is 0.971 bits per heavy atom. The van der Waals surface area contributed by atoms with Gasteiger partial charge in [-0.25, -0.2) is 4.99 Å². The van der Waals surface area contributed by atoms with Crippen LogP contribution >= 0.6 is 0 Å². The van der Waals surface area contributed by atoms with Gasteiger partial charge < -0.3 is 10.1 Å². The van der Waals surface area contributed by atoms with Crippen LogP contribution in [0.15, 0.2) is 89.9 Å². The smallest absolute Gasteiger partial charge is 0.270 e. The van der Waals surface area contributed by atoms with Crippen molar-refractivity contribution in [2.45, 2.75) is 6.54 Å². The van der Waals surface area contributed by atoms with E-state index in [1.807, 2.05) is 30.3 Å². The van der Waals surface area contributed by atoms with Gasteiger partial charge in [-0.2, -0.15) is 0 Å². The lowest BCUT2D eigenvalue weighted by Crippen LogP contribution is -2.29. The summed E-state index contributed by atoms with van der Waals surface area (Å²) in [5.41, 5.74) is 3.23. The van der Waals surface area contributed by atoms with Crippen LogP contribution < -0.4 is 0 Å². The fourth-order valence-corrected chi connectivity index (χ4v) is 3.95. The van der Waals surface area contributed by atoms with E-state index in [2.05, 4.69) is 4.98 Å². The Labute approximate surface area is 198 Å². The molecule has 9 heteroatoms. The number of aromatic nitrogens is 1. The Balaban J connectivity index is 1.57. The maximum absolute atomic E-state index is 11.8. The highest BCUT2D eigenvalue weighted by Gasteiger charge is 2.23. The number of fused-ring (bicyclic) bond motifs is 1. The lowest BCUT2D eigenvalue weighted by atomic mass is 10.0. The van der Waals surface area contributed by atoms with Crippen LogP contribution in [-0.2, 0) is 16.1 Å². The van der Waals surface area contributed by atoms with E-state index in [0.717, 1.165) is 10.5 Å². The predicted molar refractivity (Wildman–Crippen MR) is 129 cm³/mol. The summed E-state index contributed by atoms with van der Waals surface area (Å²) < 4.78 is 0. The number of carbonyl (C=O) groups is 2. The van der Waals surface area contributed by atoms with Gasteiger partial charge in [-0.15, -0.1) is 0 Å². The minimum absolute atomic E-state index is 0.102. The first-order chi connectivity index (χ1) is 16.9. The number of H-pyrrole nitrogens is 1. The van der Waals surface area contributed by atoms with Gasteiger partial charge in [0.15, 0.2) is 5.88 Å². The van der Waals surface area contributed by atoms with Gasteiger partial charge in [0.2, 0.25) is 0 Å². The fourth-order valence-electron chi connectivity index (χ4n) is 3.95. The van der Waals surface area contributed by atoms with Crippen LogP contribution in [0.25, 0.3) is 10.9 Å². The number of aromatic hydroxyl groups is 1. The number of non-ortho nitro benzene ring substituents is 1. The van der Waals surface area contributed by atoms with Crippen LogP contribution in [0.5, 0.6) is 5.88 Å². The summed E-state index contributed by atoms with van der Waals surface area (Å²) in [6.07, 6.45) is 2.48. The molecule has 1 aliphatic rings. The molecule has 172 valence electrons. The maximum Gasteiger partial charge on any atom is 0.270 e. The lowest BCUT2D eigenvalue weighted by Gasteiger charge is -2.13. The first-order valence-corrected chi connectivity index (χ1v) is 10.7. The standard InChI is InChI=1S/C26H18N4O5/c31-22-12-13-23(32)29(22)15-16-6-8-18(9-7-16)27-25(17-4-2-1-3-5-17)24-20-14-19(30(34)35)10-11-21(20)28-26(24)33/h1-14,28,33H,15H2. The second-order valence-electron chi connectivity index (χ2n) is 7.92. The summed E-state index contributed by atoms with van der Waals surface area (Å²) in [5, 5.41) is 22.6. The quantitative estimate of drug-likeness (QED) is 0.189. The minimum atomic E-state index is -0.489. The third kappa shape index (κ3) is 4.18. The molecule has 0 saturated carbocycles. The van der Waals surface area contributed by atoms with Crippen LogP contribution in [0.2, 0.25) is 0 Å². The third-order valence-electron chi connectivity index (χ3n) is 5.68. The molecule has 3 aromatic carbocycles. The minimum Gasteiger partial charge on any atom is -0.494 e. The average molecular weight is 466 g/mol. The number of imide groups is 1. The second kappa shape index (κ2) is 8.71. The summed E-state index contributed by atoms with van der Waals surface area (Å²) >= 11 is 0. The Morgan fingerprint density at radius 2 is 1.66 bits per heavy atom. The average Bonchev–Trinajstić information content (AvgIpc) is 3.36. The zero-order valence-corrected chi connectivity index (χ0v) is 18.2. The van der Waals surface area contributed by atoms with Gasteiger partial charge in [0.1, 0.15) is 0 Å². The second-order valence-corrected chi connectivity index (χ2v) is 7.92. The maximum atomic E-state index is 11.8. The van der Waals surface area contributed by atoms with Crippen molar-refractivity contribution in [3.8, 4) is 5.88 Å². The molecule has 4 aromatic rings. The Bertz CT molecular complexity index is 1520. The third-order valence-corrected chi connectivity index (χ3v) is 5.68. The number of hydrogen-bond acceptors (Lipinski definition) is 6. The molecule has 0 saturated heterocycles. The molecule has 0 aliphatic carbocycles. The summed E-state index contributed by atoms with van der Waals surface area (Å²) in [6.45, 7) is 0.146. The summed E-state index contributed by atoms with van der Waals surface area (Å²) in [7, 11) is 0. The Morgan fingerprint density at radius 3 is 2.31 bits per heavy atom. The SMILES string of the molecule is O=C1C=CC(=O)N1Cc1ccc(N=C(c2ccccc2)c2c(O)[nH]c3ccc([N+](=O)[O-])cc23)cc1. The first-order valence-electron chi connectivity index (χ1n) is 10.7. The van der Waals surface area contributed by atoms with E-state index in [1.165, 1.54) is 24.3 Å². The normalized spacial score (nSPS) is 13.7. The van der Waals surface area contributed by atoms with Crippen molar-refractivity contribution in [3.63, 3.8) is 0 Å². The number of nitro groups is 1. The number of benzene rings is 3. The number of rotatable bonds is 6. The summed E-state index contributed by atoms with van der Waals surface area (Å²) in [5.74, 6) is -0.863. The van der Waals surface area contributed by atoms with Crippen molar-refractivity contribution in [1.82, 2.24) is 9.88 Å². The molecule has 1 aromatic heterocycles. The van der Waals surface area contributed by atoms with Crippen LogP contribution in [0.3, 0.4) is 0 Å². The number of amides is 2. The molecule has 0 fully saturated rings. The van der Waals surface area contributed by atoms with Crippen molar-refractivity contribution in [2.75, 3.05) is 0 Å². The van der Waals surface area contributed by atoms with E-state index in [4.69, 9.17) is 4.99 Å². The molecule has 35 heavy (non-hydrogen) atoms. The molecule has 2 amide bonds. The van der Waals surface area contributed by atoms with Crippen molar-refractivity contribution in [3.05, 3.63) is 112 Å². The molecule has 2 heterocycles. The lowest BCUT2D eigenvalue weighted by molar-refractivity contribution is -0.384. The van der Waals surface area contributed by atoms with E-state index in [1.54, 1.807) is 30.3 Å². The number of aromatic amines is 1. The van der Waals surface area contributed by atoms with Crippen LogP contribution in [0.1, 0.15) is 16.7 Å². The molecule has 1 aliphatic heterocycles. The first kappa shape index (κ1) is 21.8. The van der Waals surface area contributed by atoms with Gasteiger partial charge in [0, 0.05) is 40.8 Å². The molecular formula is C26H18N4O5. The molecule has 0 bridgehead atoms. The molecule has 9 nitrogen and oxygen atoms in total. The molecule has 5 rings (SSSR count). The Kier molecular flexibility index (Phi) is 5.42. The van der Waals surface area contributed by atoms with Crippen molar-refractivity contribution in [2.24, 2.45) is 4.99 Å². The van der Waals surface area contributed by atoms with Gasteiger partial charge >= 0.3 is 0 Å². The number of nitro benzene ring substituents is 1. The molecule has 0 spiro atoms. The summed E-state index contributed by atoms with van der Waals surface area (Å²) in [6, 6.07) is 20.5. The molecule has 0 atom stereocenters. The van der Waals surface area contributed by atoms with Crippen molar-refractivity contribution >= 4 is 39.8 Å². The van der Waals surface area contributed by atoms with E-state index in [9.17, 15) is 24.8 Å². The molecular weight excluding hydrogens is 448 g/mol. The highest BCUT2D eigenvalue weighted by Crippen LogP contribution is 2.33. The van der Waals surface area contributed by atoms with E-state index in [0.29, 0.717) is 33.4 Å². The van der Waals surface area contributed by atoms with Gasteiger partial charge in [-0.1, -0.05) is 42.5 Å². The van der Waals surface area contributed by atoms with E-state index < -0.39 is 4.92 Å². The van der Waals surface area contributed by atoms with E-state index in [-0.39, 0.29) is 29.9 Å². The van der Waals surface area contributed by atoms with Gasteiger partial charge in [0.25, 0.3) is 17.5 Å². The van der Waals surface area contributed by atoms with Crippen LogP contribution in [0.4, 0.5) is 11.4 Å². The van der Waals surface area contributed by atoms with E-state index >= 15 is 0 Å². The van der Waals surface area contributed by atoms with Crippen LogP contribution in [-0.4, -0.2) is 37.4 Å².